The predicted molar refractivity (Wildman–Crippen MR) is 122 cm³/mol. The second kappa shape index (κ2) is 8.37. The van der Waals surface area contributed by atoms with Crippen molar-refractivity contribution in [1.29, 1.82) is 0 Å². The predicted octanol–water partition coefficient (Wildman–Crippen LogP) is 4.59. The van der Waals surface area contributed by atoms with E-state index >= 15 is 0 Å². The third-order valence-corrected chi connectivity index (χ3v) is 11.1. The fourth-order valence-corrected chi connectivity index (χ4v) is 9.38. The number of benzene rings is 2. The van der Waals surface area contributed by atoms with Gasteiger partial charge in [0.15, 0.2) is 17.7 Å². The molecule has 2 fully saturated rings. The number of hydrogen-bond donors (Lipinski definition) is 0. The molecule has 2 aliphatic heterocycles. The van der Waals surface area contributed by atoms with Crippen molar-refractivity contribution in [3.63, 3.8) is 0 Å². The summed E-state index contributed by atoms with van der Waals surface area (Å²) in [5.74, 6) is -1.41. The van der Waals surface area contributed by atoms with Crippen molar-refractivity contribution >= 4 is 18.7 Å². The van der Waals surface area contributed by atoms with Crippen molar-refractivity contribution in [2.75, 3.05) is 6.61 Å². The highest BCUT2D eigenvalue weighted by Crippen LogP contribution is 2.43. The van der Waals surface area contributed by atoms with Crippen molar-refractivity contribution in [2.45, 2.75) is 63.8 Å². The topological polar surface area (TPSA) is 36.9 Å². The summed E-state index contributed by atoms with van der Waals surface area (Å²) in [6, 6.07) is 20.4. The average molecular weight is 461 g/mol. The van der Waals surface area contributed by atoms with Crippen LogP contribution in [0.15, 0.2) is 72.5 Å². The molecule has 0 spiro atoms. The highest BCUT2D eigenvalue weighted by Gasteiger charge is 2.57. The Bertz CT molecular complexity index is 929. The summed E-state index contributed by atoms with van der Waals surface area (Å²) in [6.07, 6.45) is -4.16. The van der Waals surface area contributed by atoms with Gasteiger partial charge in [0.2, 0.25) is 0 Å². The maximum atomic E-state index is 13.6. The molecule has 0 radical (unpaired) electrons. The van der Waals surface area contributed by atoms with E-state index in [1.54, 1.807) is 13.8 Å². The Hall–Kier alpha value is -2.06. The number of hydrogen-bond acceptors (Lipinski definition) is 4. The van der Waals surface area contributed by atoms with Crippen LogP contribution in [0.4, 0.5) is 8.78 Å². The molecule has 0 amide bonds. The monoisotopic (exact) mass is 460 g/mol. The van der Waals surface area contributed by atoms with Gasteiger partial charge in [-0.2, -0.15) is 8.78 Å². The second-order valence-corrected chi connectivity index (χ2v) is 14.1. The van der Waals surface area contributed by atoms with Crippen molar-refractivity contribution in [2.24, 2.45) is 0 Å². The normalized spacial score (nSPS) is 24.8. The van der Waals surface area contributed by atoms with Gasteiger partial charge in [-0.05, 0) is 29.3 Å². The Balaban J connectivity index is 1.72. The molecule has 2 aromatic rings. The molecule has 7 heteroatoms. The molecule has 4 nitrogen and oxygen atoms in total. The Morgan fingerprint density at radius 1 is 0.938 bits per heavy atom. The molecule has 2 heterocycles. The van der Waals surface area contributed by atoms with Gasteiger partial charge in [-0.25, -0.2) is 0 Å². The van der Waals surface area contributed by atoms with Crippen LogP contribution in [0.2, 0.25) is 5.04 Å². The van der Waals surface area contributed by atoms with E-state index < -0.39 is 44.3 Å². The van der Waals surface area contributed by atoms with Crippen molar-refractivity contribution in [3.05, 3.63) is 72.5 Å². The van der Waals surface area contributed by atoms with Crippen LogP contribution in [0, 0.1) is 0 Å². The molecule has 2 aliphatic rings. The summed E-state index contributed by atoms with van der Waals surface area (Å²) in [5.41, 5.74) is 0. The zero-order chi connectivity index (χ0) is 23.1. The summed E-state index contributed by atoms with van der Waals surface area (Å²) < 4.78 is 51.3. The van der Waals surface area contributed by atoms with Gasteiger partial charge in [0.05, 0.1) is 6.61 Å². The van der Waals surface area contributed by atoms with Gasteiger partial charge < -0.3 is 18.6 Å². The van der Waals surface area contributed by atoms with Gasteiger partial charge in [-0.15, -0.1) is 0 Å². The van der Waals surface area contributed by atoms with Crippen LogP contribution in [0.25, 0.3) is 0 Å². The molecule has 172 valence electrons. The molecule has 4 rings (SSSR count). The summed E-state index contributed by atoms with van der Waals surface area (Å²) in [4.78, 5) is 0. The summed E-state index contributed by atoms with van der Waals surface area (Å²) >= 11 is 0. The van der Waals surface area contributed by atoms with Crippen LogP contribution in [-0.2, 0) is 18.6 Å². The minimum Gasteiger partial charge on any atom is -0.481 e. The molecule has 0 bridgehead atoms. The number of fused-ring (bicyclic) bond motifs is 1. The lowest BCUT2D eigenvalue weighted by Gasteiger charge is -2.43. The average Bonchev–Trinajstić information content (AvgIpc) is 3.22. The molecule has 2 unspecified atom stereocenters. The first kappa shape index (κ1) is 23.1. The zero-order valence-corrected chi connectivity index (χ0v) is 20.1. The van der Waals surface area contributed by atoms with Crippen molar-refractivity contribution in [3.8, 4) is 0 Å². The minimum atomic E-state index is -2.83. The van der Waals surface area contributed by atoms with E-state index in [1.165, 1.54) is 0 Å². The summed E-state index contributed by atoms with van der Waals surface area (Å²) in [5, 5.41) is 2.00. The lowest BCUT2D eigenvalue weighted by atomic mass is 10.1. The minimum absolute atomic E-state index is 0.116. The standard InChI is InChI=1S/C25H30F2O4Si/c1-24(2,3)32(17-12-8-6-9-13-17,18-14-10-7-11-15-18)28-16-19-20-21(22(29-19)23(26)27)31-25(4,5)30-20/h6-15,19-21H,16H2,1-5H3/t19-,20?,21?/m1/s1. The van der Waals surface area contributed by atoms with Crippen LogP contribution in [0.3, 0.4) is 0 Å². The number of halogens is 2. The maximum absolute atomic E-state index is 13.6. The van der Waals surface area contributed by atoms with Crippen LogP contribution in [0.5, 0.6) is 0 Å². The van der Waals surface area contributed by atoms with Gasteiger partial charge in [0.1, 0.15) is 12.2 Å². The van der Waals surface area contributed by atoms with E-state index in [1.807, 2.05) is 36.4 Å². The molecule has 0 aliphatic carbocycles. The first-order valence-corrected chi connectivity index (χ1v) is 12.8. The Labute approximate surface area is 189 Å². The molecule has 3 atom stereocenters. The summed E-state index contributed by atoms with van der Waals surface area (Å²) in [7, 11) is -2.83. The van der Waals surface area contributed by atoms with E-state index in [-0.39, 0.29) is 11.6 Å². The van der Waals surface area contributed by atoms with Gasteiger partial charge in [0.25, 0.3) is 8.32 Å². The van der Waals surface area contributed by atoms with Crippen molar-refractivity contribution in [1.82, 2.24) is 0 Å². The lowest BCUT2D eigenvalue weighted by Crippen LogP contribution is -2.67. The fourth-order valence-electron chi connectivity index (χ4n) is 4.81. The van der Waals surface area contributed by atoms with Gasteiger partial charge in [-0.3, -0.25) is 0 Å². The number of rotatable bonds is 5. The van der Waals surface area contributed by atoms with Crippen LogP contribution in [0.1, 0.15) is 34.6 Å². The third-order valence-electron chi connectivity index (χ3n) is 6.10. The second-order valence-electron chi connectivity index (χ2n) is 9.78. The van der Waals surface area contributed by atoms with E-state index in [0.29, 0.717) is 0 Å². The molecule has 2 saturated heterocycles. The molecular formula is C25H30F2O4Si. The molecule has 0 aromatic heterocycles. The Kier molecular flexibility index (Phi) is 6.05. The van der Waals surface area contributed by atoms with E-state index in [0.717, 1.165) is 10.4 Å². The third kappa shape index (κ3) is 4.03. The Morgan fingerprint density at radius 2 is 1.47 bits per heavy atom. The largest absolute Gasteiger partial charge is 0.481 e. The molecule has 0 N–H and O–H groups in total. The maximum Gasteiger partial charge on any atom is 0.310 e. The quantitative estimate of drug-likeness (QED) is 0.612. The highest BCUT2D eigenvalue weighted by molar-refractivity contribution is 6.99. The molecule has 32 heavy (non-hydrogen) atoms. The first-order valence-electron chi connectivity index (χ1n) is 10.9. The van der Waals surface area contributed by atoms with Crippen LogP contribution < -0.4 is 10.4 Å². The van der Waals surface area contributed by atoms with E-state index in [4.69, 9.17) is 18.6 Å². The van der Waals surface area contributed by atoms with Gasteiger partial charge in [-0.1, -0.05) is 81.4 Å². The molecule has 2 aromatic carbocycles. The van der Waals surface area contributed by atoms with E-state index in [2.05, 4.69) is 45.0 Å². The van der Waals surface area contributed by atoms with E-state index in [9.17, 15) is 8.78 Å². The number of ether oxygens (including phenoxy) is 3. The Morgan fingerprint density at radius 3 is 1.94 bits per heavy atom. The van der Waals surface area contributed by atoms with Crippen LogP contribution >= 0.6 is 0 Å². The zero-order valence-electron chi connectivity index (χ0n) is 19.1. The SMILES string of the molecule is CC1(C)OC2C(=C(F)F)O[C@H](CO[Si](c3ccccc3)(c3ccccc3)C(C)(C)C)C2O1. The fraction of sp³-hybridized carbons (Fsp3) is 0.440. The van der Waals surface area contributed by atoms with Crippen LogP contribution in [-0.4, -0.2) is 39.0 Å². The molecule has 0 saturated carbocycles. The first-order chi connectivity index (χ1) is 15.1. The summed E-state index contributed by atoms with van der Waals surface area (Å²) in [6.45, 7) is 10.1. The molecular weight excluding hydrogens is 430 g/mol. The smallest absolute Gasteiger partial charge is 0.310 e. The van der Waals surface area contributed by atoms with Crippen molar-refractivity contribution < 1.29 is 27.4 Å². The van der Waals surface area contributed by atoms with Gasteiger partial charge >= 0.3 is 6.08 Å². The lowest BCUT2D eigenvalue weighted by molar-refractivity contribution is -0.169. The van der Waals surface area contributed by atoms with Gasteiger partial charge in [0, 0.05) is 0 Å². The highest BCUT2D eigenvalue weighted by atomic mass is 28.4.